The minimum absolute atomic E-state index is 1.00. The highest BCUT2D eigenvalue weighted by Gasteiger charge is 2.14. The fraction of sp³-hybridized carbons (Fsp3) is 0.115. The summed E-state index contributed by atoms with van der Waals surface area (Å²) < 4.78 is 0. The van der Waals surface area contributed by atoms with Crippen LogP contribution in [-0.2, 0) is 37.0 Å². The highest BCUT2D eigenvalue weighted by Crippen LogP contribution is 2.38. The Morgan fingerprint density at radius 2 is 0.396 bits per heavy atom. The van der Waals surface area contributed by atoms with Crippen molar-refractivity contribution in [2.24, 2.45) is 0 Å². The van der Waals surface area contributed by atoms with Crippen molar-refractivity contribution in [2.45, 2.75) is 92.4 Å². The highest BCUT2D eigenvalue weighted by molar-refractivity contribution is 7.28. The fourth-order valence-electron chi connectivity index (χ4n) is 16.4. The van der Waals surface area contributed by atoms with E-state index in [0.717, 1.165) is 37.0 Å². The first kappa shape index (κ1) is 103. The maximum atomic E-state index is 2.80. The van der Waals surface area contributed by atoms with Gasteiger partial charge in [-0.2, -0.15) is 0 Å². The van der Waals surface area contributed by atoms with Crippen molar-refractivity contribution in [3.05, 3.63) is 466 Å². The van der Waals surface area contributed by atoms with Crippen LogP contribution in [0.25, 0.3) is 134 Å². The molecule has 0 nitrogen and oxygen atoms in total. The summed E-state index contributed by atoms with van der Waals surface area (Å²) in [7, 11) is 33.2. The van der Waals surface area contributed by atoms with Gasteiger partial charge in [0, 0.05) is 0 Å². The molecule has 18 rings (SSSR count). The molecule has 12 unspecified atom stereocenters. The third kappa shape index (κ3) is 28.7. The summed E-state index contributed by atoms with van der Waals surface area (Å²) in [6.45, 7) is 17.4. The largest absolute Gasteiger partial charge is 0.133 e. The summed E-state index contributed by atoms with van der Waals surface area (Å²) in [5, 5.41) is 7.32. The van der Waals surface area contributed by atoms with Crippen LogP contribution < -0.4 is 31.8 Å². The Morgan fingerprint density at radius 1 is 0.149 bits per heavy atom. The topological polar surface area (TPSA) is 0 Å². The zero-order valence-electron chi connectivity index (χ0n) is 78.1. The Hall–Kier alpha value is -8.88. The highest BCUT2D eigenvalue weighted by atomic mass is 31.0. The molecule has 0 aromatic heterocycles. The quantitative estimate of drug-likeness (QED) is 0.0751. The van der Waals surface area contributed by atoms with Crippen molar-refractivity contribution in [2.75, 3.05) is 0 Å². The molecule has 0 aliphatic carbocycles. The van der Waals surface area contributed by atoms with Crippen molar-refractivity contribution >= 4 is 143 Å². The molecule has 0 radical (unpaired) electrons. The van der Waals surface area contributed by atoms with E-state index < -0.39 is 0 Å². The average Bonchev–Trinajstić information content (AvgIpc) is 0.830. The lowest BCUT2D eigenvalue weighted by Crippen LogP contribution is -1.95. The standard InChI is InChI=1S/2C21H22P2.4C20H20P2/c1-14-9-19(16-5-7-21(23)8-6-16)12-20(10-14)17-3-4-18(13-22)15(2)11-17;1-14-10-16(13-22)6-8-20(14)19-5-3-4-17(12-19)18-7-9-21(23)15(2)11-18;1-14-2-5-18(16-6-3-15(13-21)4-7-16)12-20(14)17-8-10-19(22)11-9-17;1-14-10-18(16-4-2-15(13-21)3-5-16)12-19(11-14)17-6-8-20(22)9-7-17;1-14-11-15(13-21)5-10-20(14)18-4-2-3-17(12-18)16-6-8-19(22)9-7-16;1-14-11-18(5-6-19(14)13-21)17-4-2-3-16(12-17)15-7-9-20(22)10-8-15/h2*3-12H,13,22-23H2,1-2H3;4*2-12H,13,21-22H2,1H3. The van der Waals surface area contributed by atoms with Gasteiger partial charge in [-0.3, -0.25) is 0 Å². The number of benzene rings is 18. The molecule has 0 amide bonds. The van der Waals surface area contributed by atoms with E-state index in [9.17, 15) is 0 Å². The van der Waals surface area contributed by atoms with E-state index in [1.54, 1.807) is 0 Å². The SMILES string of the molecule is Cc1cc(-c2ccc(P)cc2)cc(-c2ccc(CP)c(C)c2)c1.Cc1cc(-c2ccc(P)cc2)cc(-c2ccc(CP)cc2)c1.Cc1cc(-c2cccc(-c3ccc(CP)cc3C)c2)ccc1P.Cc1cc(-c2cccc(-c3ccc(P)cc3)c2)ccc1CP.Cc1cc(CP)ccc1-c1cccc(-c2ccc(P)cc2)c1.Cc1ccc(-c2ccc(CP)cc2)cc1-c1ccc(P)cc1. The molecule has 0 N–H and O–H groups in total. The summed E-state index contributed by atoms with van der Waals surface area (Å²) in [5.41, 5.74) is 49.4. The molecule has 0 spiro atoms. The second-order valence-corrected chi connectivity index (χ2v) is 40.7. The molecule has 0 aliphatic rings. The van der Waals surface area contributed by atoms with Crippen molar-refractivity contribution in [3.8, 4) is 134 Å². The summed E-state index contributed by atoms with van der Waals surface area (Å²) in [5.74, 6) is 0. The van der Waals surface area contributed by atoms with Gasteiger partial charge in [0.25, 0.3) is 0 Å². The number of hydrogen-bond donors (Lipinski definition) is 0. The van der Waals surface area contributed by atoms with Crippen LogP contribution in [0.2, 0.25) is 0 Å². The normalized spacial score (nSPS) is 10.7. The summed E-state index contributed by atoms with van der Waals surface area (Å²) in [6, 6.07) is 141. The third-order valence-corrected chi connectivity index (χ3v) is 29.6. The molecule has 0 heterocycles. The van der Waals surface area contributed by atoms with Crippen molar-refractivity contribution in [1.82, 2.24) is 0 Å². The lowest BCUT2D eigenvalue weighted by Gasteiger charge is -2.11. The monoisotopic (exact) mass is 1960 g/mol. The van der Waals surface area contributed by atoms with Gasteiger partial charge in [0.15, 0.2) is 0 Å². The molecule has 672 valence electrons. The van der Waals surface area contributed by atoms with E-state index in [2.05, 4.69) is 555 Å². The molecule has 18 aromatic carbocycles. The molecule has 0 saturated carbocycles. The maximum absolute atomic E-state index is 2.80. The number of hydrogen-bond acceptors (Lipinski definition) is 0. The molecule has 0 fully saturated rings. The summed E-state index contributed by atoms with van der Waals surface area (Å²) in [6.07, 6.45) is 6.02. The van der Waals surface area contributed by atoms with Crippen LogP contribution in [0.1, 0.15) is 77.9 Å². The Balaban J connectivity index is 0.000000136. The van der Waals surface area contributed by atoms with Gasteiger partial charge >= 0.3 is 0 Å². The van der Waals surface area contributed by atoms with Crippen LogP contribution in [0.3, 0.4) is 0 Å². The molecule has 0 aliphatic heterocycles. The smallest absolute Gasteiger partial charge is 0.0126 e. The van der Waals surface area contributed by atoms with Crippen molar-refractivity contribution < 1.29 is 0 Å². The van der Waals surface area contributed by atoms with Gasteiger partial charge in [0.1, 0.15) is 0 Å². The first-order chi connectivity index (χ1) is 64.8. The minimum Gasteiger partial charge on any atom is -0.133 e. The van der Waals surface area contributed by atoms with E-state index in [1.807, 2.05) is 0 Å². The lowest BCUT2D eigenvalue weighted by atomic mass is 9.95. The van der Waals surface area contributed by atoms with Crippen molar-refractivity contribution in [3.63, 3.8) is 0 Å². The van der Waals surface area contributed by atoms with Crippen LogP contribution in [0.4, 0.5) is 0 Å². The van der Waals surface area contributed by atoms with E-state index in [1.165, 1.54) is 243 Å². The van der Waals surface area contributed by atoms with E-state index in [-0.39, 0.29) is 0 Å². The average molecular weight is 1960 g/mol. The number of rotatable bonds is 18. The second-order valence-electron chi connectivity index (χ2n) is 34.3. The predicted octanol–water partition coefficient (Wildman–Crippen LogP) is 31.8. The Bertz CT molecular complexity index is 6980. The van der Waals surface area contributed by atoms with E-state index >= 15 is 0 Å². The minimum atomic E-state index is 1.00. The molecular weight excluding hydrogens is 1840 g/mol. The van der Waals surface area contributed by atoms with Crippen molar-refractivity contribution in [1.29, 1.82) is 0 Å². The molecule has 134 heavy (non-hydrogen) atoms. The molecular formula is C122H124P12. The summed E-state index contributed by atoms with van der Waals surface area (Å²) in [4.78, 5) is 0. The predicted molar refractivity (Wildman–Crippen MR) is 638 cm³/mol. The maximum Gasteiger partial charge on any atom is -0.0126 e. The molecule has 0 saturated heterocycles. The van der Waals surface area contributed by atoms with Gasteiger partial charge in [0.2, 0.25) is 0 Å². The van der Waals surface area contributed by atoms with Crippen LogP contribution >= 0.6 is 111 Å². The van der Waals surface area contributed by atoms with Gasteiger partial charge in [-0.15, -0.1) is 111 Å². The van der Waals surface area contributed by atoms with Gasteiger partial charge in [-0.1, -0.05) is 352 Å². The van der Waals surface area contributed by atoms with Crippen LogP contribution in [-0.4, -0.2) is 0 Å². The lowest BCUT2D eigenvalue weighted by molar-refractivity contribution is 1.31. The third-order valence-electron chi connectivity index (χ3n) is 24.3. The Labute approximate surface area is 827 Å². The number of aryl methyl sites for hydroxylation is 8. The fourth-order valence-corrected chi connectivity index (χ4v) is 19.5. The van der Waals surface area contributed by atoms with Gasteiger partial charge < -0.3 is 0 Å². The second kappa shape index (κ2) is 50.4. The Morgan fingerprint density at radius 3 is 0.724 bits per heavy atom. The first-order valence-electron chi connectivity index (χ1n) is 45.4. The molecule has 0 bridgehead atoms. The van der Waals surface area contributed by atoms with Gasteiger partial charge in [-0.05, 0) is 372 Å². The molecule has 12 heteroatoms. The zero-order valence-corrected chi connectivity index (χ0v) is 92.0. The zero-order chi connectivity index (χ0) is 94.9. The van der Waals surface area contributed by atoms with Gasteiger partial charge in [-0.25, -0.2) is 0 Å². The van der Waals surface area contributed by atoms with Crippen LogP contribution in [0.15, 0.2) is 388 Å². The summed E-state index contributed by atoms with van der Waals surface area (Å²) >= 11 is 0. The van der Waals surface area contributed by atoms with Crippen LogP contribution in [0, 0.1) is 55.4 Å². The van der Waals surface area contributed by atoms with E-state index in [4.69, 9.17) is 0 Å². The van der Waals surface area contributed by atoms with Crippen LogP contribution in [0.5, 0.6) is 0 Å². The van der Waals surface area contributed by atoms with E-state index in [0.29, 0.717) is 0 Å². The first-order valence-corrected chi connectivity index (χ1v) is 53.8. The molecule has 12 atom stereocenters. The molecule has 18 aromatic rings. The Kier molecular flexibility index (Phi) is 38.6. The van der Waals surface area contributed by atoms with Gasteiger partial charge in [0.05, 0.1) is 0 Å².